The van der Waals surface area contributed by atoms with Gasteiger partial charge < -0.3 is 16.8 Å². The molecule has 0 bridgehead atoms. The van der Waals surface area contributed by atoms with Crippen LogP contribution in [0.25, 0.3) is 5.57 Å². The van der Waals surface area contributed by atoms with Gasteiger partial charge in [-0.05, 0) is 67.9 Å². The maximum Gasteiger partial charge on any atom is 0.134 e. The number of nitrogens with zero attached hydrogens (tertiary/aromatic N) is 1. The first kappa shape index (κ1) is 21.5. The third kappa shape index (κ3) is 5.35. The Hall–Kier alpha value is -2.82. The van der Waals surface area contributed by atoms with Crippen LogP contribution in [0.2, 0.25) is 0 Å². The molecule has 4 nitrogen and oxygen atoms in total. The van der Waals surface area contributed by atoms with Crippen molar-refractivity contribution in [3.8, 4) is 0 Å². The van der Waals surface area contributed by atoms with Crippen LogP contribution >= 0.6 is 0 Å². The van der Waals surface area contributed by atoms with Gasteiger partial charge in [-0.15, -0.1) is 0 Å². The average molecular weight is 383 g/mol. The molecule has 1 fully saturated rings. The Kier molecular flexibility index (Phi) is 7.61. The summed E-state index contributed by atoms with van der Waals surface area (Å²) in [7, 11) is 1.77. The minimum absolute atomic E-state index is 0.177. The van der Waals surface area contributed by atoms with Crippen molar-refractivity contribution in [2.45, 2.75) is 45.4 Å². The van der Waals surface area contributed by atoms with E-state index in [1.165, 1.54) is 12.5 Å². The Morgan fingerprint density at radius 3 is 2.57 bits per heavy atom. The Morgan fingerprint density at radius 2 is 2.00 bits per heavy atom. The summed E-state index contributed by atoms with van der Waals surface area (Å²) >= 11 is 0. The molecule has 1 aliphatic carbocycles. The van der Waals surface area contributed by atoms with E-state index in [1.807, 2.05) is 26.0 Å². The van der Waals surface area contributed by atoms with Crippen molar-refractivity contribution in [3.63, 3.8) is 0 Å². The summed E-state index contributed by atoms with van der Waals surface area (Å²) in [5.41, 5.74) is 15.6. The van der Waals surface area contributed by atoms with Crippen LogP contribution in [0, 0.1) is 5.82 Å². The second kappa shape index (κ2) is 9.93. The quantitative estimate of drug-likeness (QED) is 0.352. The fourth-order valence-corrected chi connectivity index (χ4v) is 3.17. The number of halogens is 1. The lowest BCUT2D eigenvalue weighted by molar-refractivity contribution is 0.415. The number of benzene rings is 1. The Balaban J connectivity index is 2.44. The summed E-state index contributed by atoms with van der Waals surface area (Å²) in [5, 5.41) is 2.88. The van der Waals surface area contributed by atoms with Crippen LogP contribution in [0.5, 0.6) is 0 Å². The molecule has 0 unspecified atom stereocenters. The van der Waals surface area contributed by atoms with E-state index in [9.17, 15) is 0 Å². The average Bonchev–Trinajstić information content (AvgIpc) is 2.65. The van der Waals surface area contributed by atoms with E-state index >= 15 is 4.39 Å². The molecule has 2 rings (SSSR count). The number of nitrogens with one attached hydrogen (secondary N) is 1. The summed E-state index contributed by atoms with van der Waals surface area (Å²) in [6.07, 6.45) is 10.8. The van der Waals surface area contributed by atoms with Crippen molar-refractivity contribution < 1.29 is 4.39 Å². The molecule has 0 saturated heterocycles. The lowest BCUT2D eigenvalue weighted by atomic mass is 9.76. The molecule has 0 heterocycles. The molecule has 5 N–H and O–H groups in total. The predicted molar refractivity (Wildman–Crippen MR) is 117 cm³/mol. The van der Waals surface area contributed by atoms with Crippen molar-refractivity contribution in [3.05, 3.63) is 77.0 Å². The molecule has 0 aliphatic heterocycles. The molecule has 1 saturated carbocycles. The topological polar surface area (TPSA) is 76.4 Å². The second-order valence-electron chi connectivity index (χ2n) is 7.25. The second-order valence-corrected chi connectivity index (χ2v) is 7.25. The van der Waals surface area contributed by atoms with Crippen molar-refractivity contribution in [1.29, 1.82) is 0 Å². The van der Waals surface area contributed by atoms with Crippen LogP contribution < -0.4 is 16.8 Å². The van der Waals surface area contributed by atoms with Gasteiger partial charge in [-0.1, -0.05) is 36.8 Å². The molecule has 1 aromatic carbocycles. The molecule has 0 radical (unpaired) electrons. The molecule has 0 spiro atoms. The van der Waals surface area contributed by atoms with Crippen LogP contribution in [0.3, 0.4) is 0 Å². The van der Waals surface area contributed by atoms with Gasteiger partial charge in [0, 0.05) is 18.8 Å². The molecule has 0 amide bonds. The number of hydrogen-bond acceptors (Lipinski definition) is 3. The van der Waals surface area contributed by atoms with E-state index in [0.29, 0.717) is 29.6 Å². The van der Waals surface area contributed by atoms with Crippen molar-refractivity contribution in [1.82, 2.24) is 5.32 Å². The highest BCUT2D eigenvalue weighted by Gasteiger charge is 2.25. The van der Waals surface area contributed by atoms with Crippen LogP contribution in [-0.4, -0.2) is 12.9 Å². The highest BCUT2D eigenvalue weighted by molar-refractivity contribution is 5.91. The van der Waals surface area contributed by atoms with Gasteiger partial charge in [0.1, 0.15) is 11.7 Å². The summed E-state index contributed by atoms with van der Waals surface area (Å²) in [6, 6.07) is 3.93. The van der Waals surface area contributed by atoms with E-state index in [0.717, 1.165) is 35.1 Å². The highest BCUT2D eigenvalue weighted by Crippen LogP contribution is 2.40. The number of aliphatic imine (C=N–C) groups is 1. The van der Waals surface area contributed by atoms with E-state index in [-0.39, 0.29) is 5.82 Å². The molecule has 5 heteroatoms. The third-order valence-corrected chi connectivity index (χ3v) is 5.16. The van der Waals surface area contributed by atoms with Gasteiger partial charge in [0.05, 0.1) is 5.82 Å². The summed E-state index contributed by atoms with van der Waals surface area (Å²) in [5.74, 6) is 1.15. The van der Waals surface area contributed by atoms with Crippen molar-refractivity contribution in [2.75, 3.05) is 7.05 Å². The van der Waals surface area contributed by atoms with Gasteiger partial charge in [0.2, 0.25) is 0 Å². The maximum atomic E-state index is 15.5. The maximum absolute atomic E-state index is 15.5. The summed E-state index contributed by atoms with van der Waals surface area (Å²) in [6.45, 7) is 7.41. The van der Waals surface area contributed by atoms with Crippen LogP contribution in [0.4, 0.5) is 4.39 Å². The van der Waals surface area contributed by atoms with Crippen molar-refractivity contribution in [2.24, 2.45) is 16.5 Å². The zero-order chi connectivity index (χ0) is 20.7. The SMILES string of the molecule is C=CC(N)=N/C=C(\C)c1ccc(C2CCC2)c(C/C(C)=C/C=C(/N)NC)c1F. The molecule has 150 valence electrons. The lowest BCUT2D eigenvalue weighted by Gasteiger charge is -2.29. The van der Waals surface area contributed by atoms with Crippen LogP contribution in [0.15, 0.2) is 59.5 Å². The Morgan fingerprint density at radius 1 is 1.29 bits per heavy atom. The van der Waals surface area contributed by atoms with Gasteiger partial charge in [0.15, 0.2) is 0 Å². The molecule has 0 aromatic heterocycles. The number of amidine groups is 1. The third-order valence-electron chi connectivity index (χ3n) is 5.16. The van der Waals surface area contributed by atoms with Gasteiger partial charge in [-0.25, -0.2) is 9.38 Å². The van der Waals surface area contributed by atoms with Crippen molar-refractivity contribution >= 4 is 11.4 Å². The van der Waals surface area contributed by atoms with Gasteiger partial charge in [0.25, 0.3) is 0 Å². The molecule has 1 aliphatic rings. The first-order chi connectivity index (χ1) is 13.4. The highest BCUT2D eigenvalue weighted by atomic mass is 19.1. The van der Waals surface area contributed by atoms with E-state index < -0.39 is 0 Å². The first-order valence-electron chi connectivity index (χ1n) is 9.62. The molecule has 0 atom stereocenters. The fourth-order valence-electron chi connectivity index (χ4n) is 3.17. The van der Waals surface area contributed by atoms with Crippen LogP contribution in [0.1, 0.15) is 55.7 Å². The predicted octanol–water partition coefficient (Wildman–Crippen LogP) is 4.51. The minimum Gasteiger partial charge on any atom is -0.386 e. The Bertz CT molecular complexity index is 842. The standard InChI is InChI=1S/C23H31FN4/c1-5-21(25)28-14-16(3)18-10-11-19(17-7-6-8-17)20(23(18)24)13-15(2)9-12-22(26)27-4/h5,9-12,14,17,27H,1,6-8,13,26H2,2-4H3,(H2,25,28)/b15-9+,16-14+,22-12-. The number of rotatable bonds is 8. The molecular weight excluding hydrogens is 351 g/mol. The molecule has 28 heavy (non-hydrogen) atoms. The monoisotopic (exact) mass is 382 g/mol. The smallest absolute Gasteiger partial charge is 0.134 e. The van der Waals surface area contributed by atoms with Gasteiger partial charge in [-0.3, -0.25) is 0 Å². The number of nitrogens with two attached hydrogens (primary N) is 2. The normalized spacial score (nSPS) is 16.7. The first-order valence-corrected chi connectivity index (χ1v) is 9.62. The lowest BCUT2D eigenvalue weighted by Crippen LogP contribution is -2.14. The van der Waals surface area contributed by atoms with Gasteiger partial charge >= 0.3 is 0 Å². The summed E-state index contributed by atoms with van der Waals surface area (Å²) in [4.78, 5) is 4.10. The summed E-state index contributed by atoms with van der Waals surface area (Å²) < 4.78 is 15.5. The minimum atomic E-state index is -0.177. The fraction of sp³-hybridized carbons (Fsp3) is 0.348. The number of allylic oxidation sites excluding steroid dienone is 4. The van der Waals surface area contributed by atoms with E-state index in [4.69, 9.17) is 11.5 Å². The Labute approximate surface area is 167 Å². The largest absolute Gasteiger partial charge is 0.386 e. The van der Waals surface area contributed by atoms with E-state index in [2.05, 4.69) is 23.0 Å². The zero-order valence-corrected chi connectivity index (χ0v) is 17.1. The molecule has 1 aromatic rings. The van der Waals surface area contributed by atoms with E-state index in [1.54, 1.807) is 19.3 Å². The number of hydrogen-bond donors (Lipinski definition) is 3. The van der Waals surface area contributed by atoms with Gasteiger partial charge in [-0.2, -0.15) is 0 Å². The van der Waals surface area contributed by atoms with Crippen LogP contribution in [-0.2, 0) is 6.42 Å². The molecular formula is C23H31FN4. The zero-order valence-electron chi connectivity index (χ0n) is 17.1.